The molecule has 2 N–H and O–H groups in total. The van der Waals surface area contributed by atoms with Crippen LogP contribution in [-0.2, 0) is 0 Å². The number of rotatable bonds is 2. The minimum Gasteiger partial charge on any atom is -0.308 e. The van der Waals surface area contributed by atoms with Gasteiger partial charge in [-0.3, -0.25) is 0 Å². The van der Waals surface area contributed by atoms with Crippen LogP contribution in [0.2, 0.25) is 0 Å². The molecular weight excluding hydrogens is 250 g/mol. The van der Waals surface area contributed by atoms with E-state index in [1.54, 1.807) is 12.1 Å². The van der Waals surface area contributed by atoms with Crippen molar-refractivity contribution in [1.82, 2.24) is 0 Å². The molecule has 0 fully saturated rings. The lowest BCUT2D eigenvalue weighted by molar-refractivity contribution is 0.262. The first-order chi connectivity index (χ1) is 9.60. The highest BCUT2D eigenvalue weighted by atomic mass is 16.2. The van der Waals surface area contributed by atoms with Crippen LogP contribution < -0.4 is 10.6 Å². The summed E-state index contributed by atoms with van der Waals surface area (Å²) in [6.07, 6.45) is 0. The van der Waals surface area contributed by atoms with Gasteiger partial charge in [-0.05, 0) is 37.6 Å². The van der Waals surface area contributed by atoms with Crippen molar-refractivity contribution in [1.29, 1.82) is 5.26 Å². The Morgan fingerprint density at radius 2 is 1.75 bits per heavy atom. The van der Waals surface area contributed by atoms with Gasteiger partial charge in [0.05, 0.1) is 11.3 Å². The third kappa shape index (κ3) is 3.15. The SMILES string of the molecule is Cc1ccc(NC(=O)Nc2cccc(C)c2C#N)cc1. The summed E-state index contributed by atoms with van der Waals surface area (Å²) >= 11 is 0. The summed E-state index contributed by atoms with van der Waals surface area (Å²) < 4.78 is 0. The van der Waals surface area contributed by atoms with E-state index in [9.17, 15) is 4.79 Å². The average Bonchev–Trinajstić information content (AvgIpc) is 2.42. The Morgan fingerprint density at radius 1 is 1.05 bits per heavy atom. The number of nitrogens with zero attached hydrogens (tertiary/aromatic N) is 1. The number of amides is 2. The molecule has 0 heterocycles. The standard InChI is InChI=1S/C16H15N3O/c1-11-6-8-13(9-7-11)18-16(20)19-15-5-3-4-12(2)14(15)10-17/h3-9H,1-2H3,(H2,18,19,20). The van der Waals surface area contributed by atoms with Gasteiger partial charge in [0.1, 0.15) is 6.07 Å². The summed E-state index contributed by atoms with van der Waals surface area (Å²) in [6, 6.07) is 14.6. The maximum Gasteiger partial charge on any atom is 0.323 e. The number of aryl methyl sites for hydroxylation is 2. The number of nitrogens with one attached hydrogen (secondary N) is 2. The van der Waals surface area contributed by atoms with Gasteiger partial charge in [-0.25, -0.2) is 4.79 Å². The number of benzene rings is 2. The van der Waals surface area contributed by atoms with Crippen LogP contribution in [0.4, 0.5) is 16.2 Å². The zero-order valence-corrected chi connectivity index (χ0v) is 11.4. The second-order valence-electron chi connectivity index (χ2n) is 4.55. The molecular formula is C16H15N3O. The van der Waals surface area contributed by atoms with Crippen LogP contribution in [-0.4, -0.2) is 6.03 Å². The van der Waals surface area contributed by atoms with E-state index in [2.05, 4.69) is 16.7 Å². The second kappa shape index (κ2) is 5.89. The monoisotopic (exact) mass is 265 g/mol. The smallest absolute Gasteiger partial charge is 0.308 e. The Bertz CT molecular complexity index is 669. The fourth-order valence-electron chi connectivity index (χ4n) is 1.84. The molecule has 100 valence electrons. The number of hydrogen-bond acceptors (Lipinski definition) is 2. The molecule has 0 atom stereocenters. The van der Waals surface area contributed by atoms with Crippen LogP contribution in [0.15, 0.2) is 42.5 Å². The third-order valence-corrected chi connectivity index (χ3v) is 2.94. The van der Waals surface area contributed by atoms with Crippen LogP contribution in [0.25, 0.3) is 0 Å². The number of carbonyl (C=O) groups excluding carboxylic acids is 1. The summed E-state index contributed by atoms with van der Waals surface area (Å²) in [5.74, 6) is 0. The van der Waals surface area contributed by atoms with E-state index in [0.29, 0.717) is 16.9 Å². The number of nitriles is 1. The zero-order chi connectivity index (χ0) is 14.5. The van der Waals surface area contributed by atoms with Gasteiger partial charge in [0, 0.05) is 5.69 Å². The first-order valence-corrected chi connectivity index (χ1v) is 6.24. The lowest BCUT2D eigenvalue weighted by Crippen LogP contribution is -2.20. The molecule has 0 aromatic heterocycles. The molecule has 0 saturated carbocycles. The Morgan fingerprint density at radius 3 is 2.40 bits per heavy atom. The maximum absolute atomic E-state index is 11.9. The minimum absolute atomic E-state index is 0.365. The van der Waals surface area contributed by atoms with Crippen molar-refractivity contribution in [3.63, 3.8) is 0 Å². The molecule has 4 nitrogen and oxygen atoms in total. The first-order valence-electron chi connectivity index (χ1n) is 6.24. The third-order valence-electron chi connectivity index (χ3n) is 2.94. The van der Waals surface area contributed by atoms with E-state index >= 15 is 0 Å². The van der Waals surface area contributed by atoms with Crippen molar-refractivity contribution in [2.45, 2.75) is 13.8 Å². The molecule has 4 heteroatoms. The molecule has 0 bridgehead atoms. The fraction of sp³-hybridized carbons (Fsp3) is 0.125. The molecule has 0 aliphatic heterocycles. The lowest BCUT2D eigenvalue weighted by Gasteiger charge is -2.10. The van der Waals surface area contributed by atoms with Crippen molar-refractivity contribution in [2.75, 3.05) is 10.6 Å². The summed E-state index contributed by atoms with van der Waals surface area (Å²) in [5, 5.41) is 14.5. The molecule has 0 aliphatic rings. The molecule has 0 saturated heterocycles. The molecule has 2 amide bonds. The van der Waals surface area contributed by atoms with Gasteiger partial charge in [-0.1, -0.05) is 29.8 Å². The normalized spacial score (nSPS) is 9.65. The number of anilines is 2. The van der Waals surface area contributed by atoms with Crippen molar-refractivity contribution >= 4 is 17.4 Å². The van der Waals surface area contributed by atoms with E-state index in [4.69, 9.17) is 5.26 Å². The molecule has 0 unspecified atom stereocenters. The Kier molecular flexibility index (Phi) is 4.02. The van der Waals surface area contributed by atoms with Crippen LogP contribution >= 0.6 is 0 Å². The molecule has 20 heavy (non-hydrogen) atoms. The molecule has 0 spiro atoms. The van der Waals surface area contributed by atoms with Crippen molar-refractivity contribution in [3.8, 4) is 6.07 Å². The van der Waals surface area contributed by atoms with Crippen molar-refractivity contribution in [3.05, 3.63) is 59.2 Å². The largest absolute Gasteiger partial charge is 0.323 e. The van der Waals surface area contributed by atoms with E-state index in [-0.39, 0.29) is 6.03 Å². The zero-order valence-electron chi connectivity index (χ0n) is 11.4. The van der Waals surface area contributed by atoms with Crippen molar-refractivity contribution in [2.24, 2.45) is 0 Å². The van der Waals surface area contributed by atoms with Gasteiger partial charge in [-0.2, -0.15) is 5.26 Å². The Labute approximate surface area is 118 Å². The highest BCUT2D eigenvalue weighted by Crippen LogP contribution is 2.18. The lowest BCUT2D eigenvalue weighted by atomic mass is 10.1. The van der Waals surface area contributed by atoms with Crippen molar-refractivity contribution < 1.29 is 4.79 Å². The van der Waals surface area contributed by atoms with E-state index < -0.39 is 0 Å². The van der Waals surface area contributed by atoms with E-state index in [0.717, 1.165) is 11.1 Å². The van der Waals surface area contributed by atoms with E-state index in [1.807, 2.05) is 44.2 Å². The van der Waals surface area contributed by atoms with Crippen LogP contribution in [0.3, 0.4) is 0 Å². The van der Waals surface area contributed by atoms with Gasteiger partial charge in [-0.15, -0.1) is 0 Å². The van der Waals surface area contributed by atoms with Gasteiger partial charge in [0.2, 0.25) is 0 Å². The molecule has 2 aromatic carbocycles. The van der Waals surface area contributed by atoms with Gasteiger partial charge in [0.15, 0.2) is 0 Å². The van der Waals surface area contributed by atoms with Crippen LogP contribution in [0.5, 0.6) is 0 Å². The predicted molar refractivity (Wildman–Crippen MR) is 79.7 cm³/mol. The topological polar surface area (TPSA) is 64.9 Å². The summed E-state index contributed by atoms with van der Waals surface area (Å²) in [5.41, 5.74) is 3.66. The van der Waals surface area contributed by atoms with Gasteiger partial charge < -0.3 is 10.6 Å². The Balaban J connectivity index is 2.11. The molecule has 2 rings (SSSR count). The number of urea groups is 1. The molecule has 2 aromatic rings. The predicted octanol–water partition coefficient (Wildman–Crippen LogP) is 3.82. The minimum atomic E-state index is -0.365. The summed E-state index contributed by atoms with van der Waals surface area (Å²) in [7, 11) is 0. The highest BCUT2D eigenvalue weighted by Gasteiger charge is 2.08. The van der Waals surface area contributed by atoms with Crippen LogP contribution in [0, 0.1) is 25.2 Å². The Hall–Kier alpha value is -2.80. The highest BCUT2D eigenvalue weighted by molar-refractivity contribution is 6.00. The summed E-state index contributed by atoms with van der Waals surface area (Å²) in [6.45, 7) is 3.82. The average molecular weight is 265 g/mol. The molecule has 0 radical (unpaired) electrons. The van der Waals surface area contributed by atoms with Gasteiger partial charge in [0.25, 0.3) is 0 Å². The molecule has 0 aliphatic carbocycles. The maximum atomic E-state index is 11.9. The number of carbonyl (C=O) groups is 1. The fourth-order valence-corrected chi connectivity index (χ4v) is 1.84. The van der Waals surface area contributed by atoms with Gasteiger partial charge >= 0.3 is 6.03 Å². The number of hydrogen-bond donors (Lipinski definition) is 2. The second-order valence-corrected chi connectivity index (χ2v) is 4.55. The summed E-state index contributed by atoms with van der Waals surface area (Å²) in [4.78, 5) is 11.9. The van der Waals surface area contributed by atoms with E-state index in [1.165, 1.54) is 0 Å². The quantitative estimate of drug-likeness (QED) is 0.866. The van der Waals surface area contributed by atoms with Crippen LogP contribution in [0.1, 0.15) is 16.7 Å². The first kappa shape index (κ1) is 13.6.